The molecule has 1 aromatic heterocycles. The van der Waals surface area contributed by atoms with Gasteiger partial charge < -0.3 is 0 Å². The number of aromatic nitrogens is 3. The van der Waals surface area contributed by atoms with Crippen molar-refractivity contribution < 1.29 is 0 Å². The SMILES string of the molecule is c1ccc(-c2nc(-c3ccccc3)nc(-c3ccc(-c4ccc5c(c4)Sc4ccccc4C54c5ccccc5-c5ccccc54)cc3)n2)cc1. The molecule has 3 nitrogen and oxygen atoms in total. The van der Waals surface area contributed by atoms with Gasteiger partial charge in [0.1, 0.15) is 0 Å². The quantitative estimate of drug-likeness (QED) is 0.189. The van der Waals surface area contributed by atoms with Gasteiger partial charge in [0.05, 0.1) is 5.41 Å². The second-order valence-corrected chi connectivity index (χ2v) is 13.8. The van der Waals surface area contributed by atoms with Crippen molar-refractivity contribution in [3.8, 4) is 56.4 Å². The standard InChI is InChI=1S/C46H29N3S/c1-3-13-31(14-4-1)43-47-44(32-15-5-2-6-16-32)49-45(48-43)33-25-23-30(24-26-33)34-27-28-40-42(29-34)50-41-22-12-11-21-39(41)46(40)37-19-9-7-17-35(37)36-18-8-10-20-38(36)46/h1-29H. The Labute approximate surface area is 295 Å². The van der Waals surface area contributed by atoms with Gasteiger partial charge in [-0.3, -0.25) is 0 Å². The summed E-state index contributed by atoms with van der Waals surface area (Å²) in [5, 5.41) is 0. The summed E-state index contributed by atoms with van der Waals surface area (Å²) >= 11 is 1.87. The van der Waals surface area contributed by atoms with E-state index in [2.05, 4.69) is 115 Å². The lowest BCUT2D eigenvalue weighted by Crippen LogP contribution is -2.31. The average Bonchev–Trinajstić information content (AvgIpc) is 3.49. The second-order valence-electron chi connectivity index (χ2n) is 12.8. The Morgan fingerprint density at radius 2 is 0.740 bits per heavy atom. The van der Waals surface area contributed by atoms with Crippen LogP contribution in [-0.4, -0.2) is 15.0 Å². The molecular formula is C46H29N3S. The molecule has 0 fully saturated rings. The topological polar surface area (TPSA) is 38.7 Å². The molecule has 0 saturated carbocycles. The molecule has 0 atom stereocenters. The summed E-state index contributed by atoms with van der Waals surface area (Å²) in [6.07, 6.45) is 0. The molecule has 2 heterocycles. The van der Waals surface area contributed by atoms with Gasteiger partial charge in [-0.15, -0.1) is 0 Å². The second kappa shape index (κ2) is 11.5. The molecule has 1 aliphatic carbocycles. The van der Waals surface area contributed by atoms with E-state index in [9.17, 15) is 0 Å². The number of hydrogen-bond donors (Lipinski definition) is 0. The van der Waals surface area contributed by atoms with Gasteiger partial charge in [0.2, 0.25) is 0 Å². The first-order valence-corrected chi connectivity index (χ1v) is 17.7. The van der Waals surface area contributed by atoms with E-state index < -0.39 is 0 Å². The Morgan fingerprint density at radius 3 is 1.32 bits per heavy atom. The molecule has 4 heteroatoms. The predicted molar refractivity (Wildman–Crippen MR) is 203 cm³/mol. The number of benzene rings is 7. The zero-order valence-corrected chi connectivity index (χ0v) is 27.8. The molecule has 0 radical (unpaired) electrons. The monoisotopic (exact) mass is 655 g/mol. The van der Waals surface area contributed by atoms with Crippen LogP contribution in [0, 0.1) is 0 Å². The molecule has 10 rings (SSSR count). The van der Waals surface area contributed by atoms with Gasteiger partial charge in [0, 0.05) is 26.5 Å². The van der Waals surface area contributed by atoms with Crippen LogP contribution in [-0.2, 0) is 5.41 Å². The Hall–Kier alpha value is -6.10. The highest BCUT2D eigenvalue weighted by Crippen LogP contribution is 2.62. The first kappa shape index (κ1) is 28.9. The molecule has 50 heavy (non-hydrogen) atoms. The van der Waals surface area contributed by atoms with E-state index in [4.69, 9.17) is 15.0 Å². The summed E-state index contributed by atoms with van der Waals surface area (Å²) < 4.78 is 0. The van der Waals surface area contributed by atoms with Crippen LogP contribution in [0.15, 0.2) is 186 Å². The van der Waals surface area contributed by atoms with E-state index in [1.54, 1.807) is 0 Å². The Morgan fingerprint density at radius 1 is 0.320 bits per heavy atom. The maximum Gasteiger partial charge on any atom is 0.164 e. The van der Waals surface area contributed by atoms with Crippen molar-refractivity contribution in [1.82, 2.24) is 15.0 Å². The number of hydrogen-bond acceptors (Lipinski definition) is 4. The summed E-state index contributed by atoms with van der Waals surface area (Å²) in [7, 11) is 0. The minimum absolute atomic E-state index is 0.363. The fraction of sp³-hybridized carbons (Fsp3) is 0.0217. The summed E-state index contributed by atoms with van der Waals surface area (Å²) in [4.78, 5) is 17.3. The van der Waals surface area contributed by atoms with Gasteiger partial charge in [0.25, 0.3) is 0 Å². The van der Waals surface area contributed by atoms with Gasteiger partial charge in [-0.1, -0.05) is 176 Å². The summed E-state index contributed by atoms with van der Waals surface area (Å²) in [5.74, 6) is 1.98. The summed E-state index contributed by atoms with van der Waals surface area (Å²) in [5.41, 5.74) is 12.9. The fourth-order valence-corrected chi connectivity index (χ4v) is 9.02. The number of nitrogens with zero attached hydrogens (tertiary/aromatic N) is 3. The Kier molecular flexibility index (Phi) is 6.64. The lowest BCUT2D eigenvalue weighted by atomic mass is 9.67. The highest BCUT2D eigenvalue weighted by molar-refractivity contribution is 7.99. The number of rotatable bonds is 4. The third-order valence-electron chi connectivity index (χ3n) is 10.0. The highest BCUT2D eigenvalue weighted by Gasteiger charge is 2.49. The van der Waals surface area contributed by atoms with Crippen LogP contribution in [0.5, 0.6) is 0 Å². The first-order valence-electron chi connectivity index (χ1n) is 16.9. The van der Waals surface area contributed by atoms with Crippen LogP contribution in [0.2, 0.25) is 0 Å². The molecule has 8 aromatic rings. The third kappa shape index (κ3) is 4.42. The van der Waals surface area contributed by atoms with Crippen LogP contribution in [0.4, 0.5) is 0 Å². The molecule has 0 bridgehead atoms. The van der Waals surface area contributed by atoms with Crippen LogP contribution in [0.3, 0.4) is 0 Å². The largest absolute Gasteiger partial charge is 0.208 e. The molecule has 0 amide bonds. The van der Waals surface area contributed by atoms with E-state index in [1.807, 2.05) is 72.4 Å². The zero-order chi connectivity index (χ0) is 33.1. The smallest absolute Gasteiger partial charge is 0.164 e. The lowest BCUT2D eigenvalue weighted by molar-refractivity contribution is 0.722. The molecule has 0 saturated heterocycles. The molecule has 1 aliphatic heterocycles. The lowest BCUT2D eigenvalue weighted by Gasteiger charge is -2.39. The van der Waals surface area contributed by atoms with E-state index in [1.165, 1.54) is 48.7 Å². The Balaban J connectivity index is 1.08. The maximum absolute atomic E-state index is 4.93. The third-order valence-corrected chi connectivity index (χ3v) is 11.2. The van der Waals surface area contributed by atoms with E-state index >= 15 is 0 Å². The minimum Gasteiger partial charge on any atom is -0.208 e. The van der Waals surface area contributed by atoms with E-state index in [0.29, 0.717) is 17.5 Å². The average molecular weight is 656 g/mol. The van der Waals surface area contributed by atoms with Crippen LogP contribution in [0.25, 0.3) is 56.4 Å². The summed E-state index contributed by atoms with van der Waals surface area (Å²) in [6.45, 7) is 0. The van der Waals surface area contributed by atoms with Gasteiger partial charge in [-0.2, -0.15) is 0 Å². The van der Waals surface area contributed by atoms with Crippen LogP contribution < -0.4 is 0 Å². The molecule has 1 spiro atoms. The maximum atomic E-state index is 4.93. The molecule has 0 N–H and O–H groups in total. The minimum atomic E-state index is -0.363. The van der Waals surface area contributed by atoms with Crippen LogP contribution in [0.1, 0.15) is 22.3 Å². The van der Waals surface area contributed by atoms with Crippen LogP contribution >= 0.6 is 11.8 Å². The number of fused-ring (bicyclic) bond motifs is 9. The first-order chi connectivity index (χ1) is 24.8. The van der Waals surface area contributed by atoms with Crippen molar-refractivity contribution in [2.45, 2.75) is 15.2 Å². The fourth-order valence-electron chi connectivity index (χ4n) is 7.79. The molecular weight excluding hydrogens is 627 g/mol. The zero-order valence-electron chi connectivity index (χ0n) is 27.0. The van der Waals surface area contributed by atoms with Crippen molar-refractivity contribution in [3.05, 3.63) is 198 Å². The van der Waals surface area contributed by atoms with Crippen molar-refractivity contribution in [2.75, 3.05) is 0 Å². The van der Waals surface area contributed by atoms with E-state index in [0.717, 1.165) is 22.3 Å². The normalized spacial score (nSPS) is 13.3. The summed E-state index contributed by atoms with van der Waals surface area (Å²) in [6, 6.07) is 62.7. The van der Waals surface area contributed by atoms with Gasteiger partial charge in [-0.25, -0.2) is 15.0 Å². The molecule has 0 unspecified atom stereocenters. The van der Waals surface area contributed by atoms with E-state index in [-0.39, 0.29) is 5.41 Å². The molecule has 7 aromatic carbocycles. The molecule has 2 aliphatic rings. The van der Waals surface area contributed by atoms with Gasteiger partial charge in [-0.05, 0) is 56.6 Å². The van der Waals surface area contributed by atoms with Gasteiger partial charge >= 0.3 is 0 Å². The highest BCUT2D eigenvalue weighted by atomic mass is 32.2. The van der Waals surface area contributed by atoms with Gasteiger partial charge in [0.15, 0.2) is 17.5 Å². The van der Waals surface area contributed by atoms with Crippen molar-refractivity contribution in [2.24, 2.45) is 0 Å². The van der Waals surface area contributed by atoms with Crippen molar-refractivity contribution >= 4 is 11.8 Å². The Bertz CT molecular complexity index is 2460. The predicted octanol–water partition coefficient (Wildman–Crippen LogP) is 11.4. The van der Waals surface area contributed by atoms with Crippen molar-refractivity contribution in [3.63, 3.8) is 0 Å². The molecule has 234 valence electrons. The van der Waals surface area contributed by atoms with Crippen molar-refractivity contribution in [1.29, 1.82) is 0 Å².